The van der Waals surface area contributed by atoms with Crippen molar-refractivity contribution in [2.45, 2.75) is 25.8 Å². The van der Waals surface area contributed by atoms with Gasteiger partial charge < -0.3 is 14.4 Å². The Balaban J connectivity index is 1.47. The molecule has 0 bridgehead atoms. The summed E-state index contributed by atoms with van der Waals surface area (Å²) >= 11 is 1.71. The first-order chi connectivity index (χ1) is 16.6. The Kier molecular flexibility index (Phi) is 6.79. The second kappa shape index (κ2) is 10.1. The van der Waals surface area contributed by atoms with Crippen LogP contribution in [0.2, 0.25) is 0 Å². The molecule has 2 aromatic heterocycles. The highest BCUT2D eigenvalue weighted by atomic mass is 32.1. The maximum Gasteiger partial charge on any atom is 0.223 e. The molecular weight excluding hydrogens is 445 g/mol. The highest BCUT2D eigenvalue weighted by Gasteiger charge is 2.27. The monoisotopic (exact) mass is 475 g/mol. The van der Waals surface area contributed by atoms with Crippen molar-refractivity contribution >= 4 is 28.1 Å². The van der Waals surface area contributed by atoms with Gasteiger partial charge in [0.25, 0.3) is 0 Å². The molecule has 6 heteroatoms. The van der Waals surface area contributed by atoms with E-state index in [1.807, 2.05) is 23.1 Å². The molecule has 1 unspecified atom stereocenters. The lowest BCUT2D eigenvalue weighted by Crippen LogP contribution is -2.48. The summed E-state index contributed by atoms with van der Waals surface area (Å²) in [6, 6.07) is 19.3. The fourth-order valence-corrected chi connectivity index (χ4v) is 5.79. The van der Waals surface area contributed by atoms with Gasteiger partial charge in [-0.25, -0.2) is 4.39 Å². The second-order valence-corrected chi connectivity index (χ2v) is 9.92. The molecule has 176 valence electrons. The van der Waals surface area contributed by atoms with E-state index >= 15 is 0 Å². The van der Waals surface area contributed by atoms with Crippen LogP contribution in [0, 0.1) is 5.82 Å². The Bertz CT molecular complexity index is 1240. The molecule has 4 aromatic rings. The van der Waals surface area contributed by atoms with E-state index in [-0.39, 0.29) is 17.6 Å². The van der Waals surface area contributed by atoms with Crippen LogP contribution in [0.5, 0.6) is 0 Å². The molecule has 0 N–H and O–H groups in total. The van der Waals surface area contributed by atoms with Crippen LogP contribution in [0.1, 0.15) is 35.3 Å². The van der Waals surface area contributed by atoms with Crippen molar-refractivity contribution < 1.29 is 9.18 Å². The third-order valence-corrected chi connectivity index (χ3v) is 7.88. The number of amides is 1. The van der Waals surface area contributed by atoms with Gasteiger partial charge in [-0.2, -0.15) is 0 Å². The first-order valence-electron chi connectivity index (χ1n) is 12.0. The fourth-order valence-electron chi connectivity index (χ4n) is 4.94. The normalized spacial score (nSPS) is 15.6. The van der Waals surface area contributed by atoms with Crippen molar-refractivity contribution in [3.63, 3.8) is 0 Å². The molecule has 1 fully saturated rings. The zero-order chi connectivity index (χ0) is 23.5. The minimum Gasteiger partial charge on any atom is -0.343 e. The van der Waals surface area contributed by atoms with E-state index in [9.17, 15) is 9.18 Å². The standard InChI is InChI=1S/C28H30FN3OS/c1-2-30-13-15-31(16-14-30)28(33)18-24(27-8-5-17-34-27)25-20-32(26-7-4-3-6-23(25)26)19-21-9-11-22(29)12-10-21/h3-12,17,20,24H,2,13-16,18-19H2,1H3. The minimum absolute atomic E-state index is 0.0103. The third kappa shape index (κ3) is 4.79. The molecule has 34 heavy (non-hydrogen) atoms. The van der Waals surface area contributed by atoms with Crippen molar-refractivity contribution in [1.82, 2.24) is 14.4 Å². The Hall–Kier alpha value is -2.96. The Morgan fingerprint density at radius 3 is 2.47 bits per heavy atom. The number of rotatable bonds is 7. The van der Waals surface area contributed by atoms with E-state index in [0.29, 0.717) is 13.0 Å². The van der Waals surface area contributed by atoms with Crippen molar-refractivity contribution in [3.8, 4) is 0 Å². The number of halogens is 1. The Labute approximate surface area is 204 Å². The number of para-hydroxylation sites is 1. The van der Waals surface area contributed by atoms with Gasteiger partial charge in [-0.05, 0) is 47.3 Å². The van der Waals surface area contributed by atoms with Crippen molar-refractivity contribution in [3.05, 3.63) is 94.1 Å². The lowest BCUT2D eigenvalue weighted by Gasteiger charge is -2.34. The molecule has 2 aromatic carbocycles. The van der Waals surface area contributed by atoms with Crippen LogP contribution in [-0.4, -0.2) is 53.0 Å². The van der Waals surface area contributed by atoms with Gasteiger partial charge in [0, 0.05) is 67.0 Å². The summed E-state index contributed by atoms with van der Waals surface area (Å²) in [6.45, 7) is 7.36. The Morgan fingerprint density at radius 2 is 1.76 bits per heavy atom. The van der Waals surface area contributed by atoms with E-state index in [2.05, 4.69) is 58.3 Å². The number of carbonyl (C=O) groups is 1. The highest BCUT2D eigenvalue weighted by molar-refractivity contribution is 7.10. The van der Waals surface area contributed by atoms with Gasteiger partial charge >= 0.3 is 0 Å². The first-order valence-corrected chi connectivity index (χ1v) is 12.9. The van der Waals surface area contributed by atoms with E-state index in [4.69, 9.17) is 0 Å². The number of hydrogen-bond acceptors (Lipinski definition) is 3. The molecule has 4 nitrogen and oxygen atoms in total. The molecule has 0 saturated carbocycles. The number of nitrogens with zero attached hydrogens (tertiary/aromatic N) is 3. The molecule has 0 radical (unpaired) electrons. The van der Waals surface area contributed by atoms with Crippen molar-refractivity contribution in [2.24, 2.45) is 0 Å². The van der Waals surface area contributed by atoms with Gasteiger partial charge in [-0.3, -0.25) is 4.79 Å². The van der Waals surface area contributed by atoms with Gasteiger partial charge in [0.15, 0.2) is 0 Å². The second-order valence-electron chi connectivity index (χ2n) is 8.94. The molecule has 0 aliphatic carbocycles. The fraction of sp³-hybridized carbons (Fsp3) is 0.321. The van der Waals surface area contributed by atoms with Crippen LogP contribution >= 0.6 is 11.3 Å². The van der Waals surface area contributed by atoms with Crippen LogP contribution in [-0.2, 0) is 11.3 Å². The molecule has 3 heterocycles. The van der Waals surface area contributed by atoms with Crippen LogP contribution in [0.15, 0.2) is 72.2 Å². The number of benzene rings is 2. The molecule has 5 rings (SSSR count). The van der Waals surface area contributed by atoms with Gasteiger partial charge in [-0.15, -0.1) is 11.3 Å². The number of piperazine rings is 1. The van der Waals surface area contributed by atoms with Crippen LogP contribution < -0.4 is 0 Å². The molecular formula is C28H30FN3OS. The molecule has 0 spiro atoms. The van der Waals surface area contributed by atoms with Crippen molar-refractivity contribution in [1.29, 1.82) is 0 Å². The number of aromatic nitrogens is 1. The summed E-state index contributed by atoms with van der Waals surface area (Å²) < 4.78 is 15.6. The van der Waals surface area contributed by atoms with Gasteiger partial charge in [0.2, 0.25) is 5.91 Å². The third-order valence-electron chi connectivity index (χ3n) is 6.90. The van der Waals surface area contributed by atoms with Crippen LogP contribution in [0.4, 0.5) is 4.39 Å². The Morgan fingerprint density at radius 1 is 1.00 bits per heavy atom. The van der Waals surface area contributed by atoms with E-state index in [0.717, 1.165) is 43.8 Å². The SMILES string of the molecule is CCN1CCN(C(=O)CC(c2cccs2)c2cn(Cc3ccc(F)cc3)c3ccccc23)CC1. The summed E-state index contributed by atoms with van der Waals surface area (Å²) in [5.41, 5.74) is 3.36. The average Bonchev–Trinajstić information content (AvgIpc) is 3.53. The van der Waals surface area contributed by atoms with E-state index < -0.39 is 0 Å². The van der Waals surface area contributed by atoms with Crippen LogP contribution in [0.25, 0.3) is 10.9 Å². The lowest BCUT2D eigenvalue weighted by molar-refractivity contribution is -0.133. The van der Waals surface area contributed by atoms with Gasteiger partial charge in [0.1, 0.15) is 5.82 Å². The summed E-state index contributed by atoms with van der Waals surface area (Å²) in [6.07, 6.45) is 2.66. The lowest BCUT2D eigenvalue weighted by atomic mass is 9.93. The topological polar surface area (TPSA) is 28.5 Å². The molecule has 1 aliphatic heterocycles. The van der Waals surface area contributed by atoms with E-state index in [1.54, 1.807) is 11.3 Å². The first kappa shape index (κ1) is 22.8. The quantitative estimate of drug-likeness (QED) is 0.349. The molecule has 1 saturated heterocycles. The molecule has 1 atom stereocenters. The number of fused-ring (bicyclic) bond motifs is 1. The summed E-state index contributed by atoms with van der Waals surface area (Å²) in [5, 5.41) is 3.26. The predicted octanol–water partition coefficient (Wildman–Crippen LogP) is 5.58. The van der Waals surface area contributed by atoms with Gasteiger partial charge in [-0.1, -0.05) is 43.3 Å². The zero-order valence-electron chi connectivity index (χ0n) is 19.5. The summed E-state index contributed by atoms with van der Waals surface area (Å²) in [7, 11) is 0. The van der Waals surface area contributed by atoms with Crippen LogP contribution in [0.3, 0.4) is 0 Å². The van der Waals surface area contributed by atoms with E-state index in [1.165, 1.54) is 28.0 Å². The maximum absolute atomic E-state index is 13.4. The van der Waals surface area contributed by atoms with Crippen molar-refractivity contribution in [2.75, 3.05) is 32.7 Å². The minimum atomic E-state index is -0.224. The number of carbonyl (C=O) groups excluding carboxylic acids is 1. The number of thiophene rings is 1. The largest absolute Gasteiger partial charge is 0.343 e. The number of hydrogen-bond donors (Lipinski definition) is 0. The number of likely N-dealkylation sites (N-methyl/N-ethyl adjacent to an activating group) is 1. The average molecular weight is 476 g/mol. The smallest absolute Gasteiger partial charge is 0.223 e. The molecule has 1 amide bonds. The zero-order valence-corrected chi connectivity index (χ0v) is 20.3. The highest BCUT2D eigenvalue weighted by Crippen LogP contribution is 2.37. The molecule has 1 aliphatic rings. The maximum atomic E-state index is 13.4. The van der Waals surface area contributed by atoms with Gasteiger partial charge in [0.05, 0.1) is 0 Å². The predicted molar refractivity (Wildman–Crippen MR) is 137 cm³/mol. The summed E-state index contributed by atoms with van der Waals surface area (Å²) in [4.78, 5) is 19.0. The summed E-state index contributed by atoms with van der Waals surface area (Å²) in [5.74, 6) is 0.0124.